The third-order valence-corrected chi connectivity index (χ3v) is 3.42. The van der Waals surface area contributed by atoms with Crippen LogP contribution in [0.2, 0.25) is 15.1 Å². The predicted octanol–water partition coefficient (Wildman–Crippen LogP) is 4.57. The molecule has 0 saturated heterocycles. The average molecular weight is 344 g/mol. The molecule has 21 heavy (non-hydrogen) atoms. The topological polar surface area (TPSA) is 43.4 Å². The smallest absolute Gasteiger partial charge is 0.348 e. The number of esters is 2. The van der Waals surface area contributed by atoms with E-state index in [4.69, 9.17) is 39.5 Å². The van der Waals surface area contributed by atoms with Crippen molar-refractivity contribution in [2.75, 3.05) is 0 Å². The zero-order valence-corrected chi connectivity index (χ0v) is 12.9. The number of rotatable bonds is 3. The van der Waals surface area contributed by atoms with Crippen molar-refractivity contribution in [1.82, 2.24) is 0 Å². The van der Waals surface area contributed by atoms with Crippen LogP contribution in [0, 0.1) is 0 Å². The van der Waals surface area contributed by atoms with Crippen molar-refractivity contribution < 1.29 is 14.3 Å². The number of carbonyl (C=O) groups excluding carboxylic acids is 2. The molecule has 2 rings (SSSR count). The first-order chi connectivity index (χ1) is 9.97. The van der Waals surface area contributed by atoms with E-state index in [2.05, 4.69) is 0 Å². The summed E-state index contributed by atoms with van der Waals surface area (Å²) in [6.45, 7) is 0. The van der Waals surface area contributed by atoms with E-state index < -0.39 is 11.9 Å². The first-order valence-electron chi connectivity index (χ1n) is 5.91. The van der Waals surface area contributed by atoms with Crippen molar-refractivity contribution in [3.8, 4) is 0 Å². The summed E-state index contributed by atoms with van der Waals surface area (Å²) in [5.74, 6) is -1.59. The Morgan fingerprint density at radius 3 is 2.10 bits per heavy atom. The van der Waals surface area contributed by atoms with Gasteiger partial charge in [-0.25, -0.2) is 4.79 Å². The summed E-state index contributed by atoms with van der Waals surface area (Å²) < 4.78 is 4.75. The van der Waals surface area contributed by atoms with Crippen LogP contribution in [-0.2, 0) is 16.0 Å². The van der Waals surface area contributed by atoms with E-state index in [1.165, 1.54) is 12.1 Å². The summed E-state index contributed by atoms with van der Waals surface area (Å²) in [6.07, 6.45) is -0.0184. The molecule has 0 radical (unpaired) electrons. The molecule has 0 aliphatic carbocycles. The summed E-state index contributed by atoms with van der Waals surface area (Å²) >= 11 is 17.5. The lowest BCUT2D eigenvalue weighted by Gasteiger charge is -2.07. The van der Waals surface area contributed by atoms with Gasteiger partial charge in [-0.2, -0.15) is 0 Å². The Morgan fingerprint density at radius 2 is 1.52 bits per heavy atom. The van der Waals surface area contributed by atoms with Gasteiger partial charge >= 0.3 is 11.9 Å². The molecule has 0 spiro atoms. The van der Waals surface area contributed by atoms with E-state index in [1.807, 2.05) is 6.07 Å². The number of carbonyl (C=O) groups is 2. The van der Waals surface area contributed by atoms with Gasteiger partial charge in [0.2, 0.25) is 0 Å². The van der Waals surface area contributed by atoms with Crippen LogP contribution in [0.3, 0.4) is 0 Å². The van der Waals surface area contributed by atoms with Gasteiger partial charge < -0.3 is 4.74 Å². The van der Waals surface area contributed by atoms with Crippen LogP contribution in [0.5, 0.6) is 0 Å². The van der Waals surface area contributed by atoms with Crippen molar-refractivity contribution in [1.29, 1.82) is 0 Å². The summed E-state index contributed by atoms with van der Waals surface area (Å²) in [6, 6.07) is 11.6. The molecule has 0 atom stereocenters. The zero-order chi connectivity index (χ0) is 15.4. The maximum Gasteiger partial charge on any atom is 0.348 e. The number of ether oxygens (including phenoxy) is 1. The molecule has 0 fully saturated rings. The molecule has 0 unspecified atom stereocenters. The highest BCUT2D eigenvalue weighted by Crippen LogP contribution is 2.29. The van der Waals surface area contributed by atoms with Gasteiger partial charge in [0.05, 0.1) is 22.0 Å². The maximum atomic E-state index is 11.9. The third-order valence-electron chi connectivity index (χ3n) is 2.61. The Morgan fingerprint density at radius 1 is 0.952 bits per heavy atom. The largest absolute Gasteiger partial charge is 0.389 e. The monoisotopic (exact) mass is 342 g/mol. The van der Waals surface area contributed by atoms with Gasteiger partial charge in [-0.05, 0) is 17.7 Å². The highest BCUT2D eigenvalue weighted by Gasteiger charge is 2.20. The summed E-state index contributed by atoms with van der Waals surface area (Å²) in [5, 5.41) is 0.354. The van der Waals surface area contributed by atoms with E-state index in [-0.39, 0.29) is 27.1 Å². The van der Waals surface area contributed by atoms with Crippen LogP contribution in [0.15, 0.2) is 42.5 Å². The van der Waals surface area contributed by atoms with Crippen molar-refractivity contribution in [3.63, 3.8) is 0 Å². The lowest BCUT2D eigenvalue weighted by molar-refractivity contribution is -0.137. The van der Waals surface area contributed by atoms with Gasteiger partial charge in [0, 0.05) is 5.02 Å². The van der Waals surface area contributed by atoms with Crippen molar-refractivity contribution >= 4 is 46.7 Å². The Balaban J connectivity index is 2.10. The van der Waals surface area contributed by atoms with Crippen LogP contribution in [0.1, 0.15) is 15.9 Å². The second-order valence-electron chi connectivity index (χ2n) is 4.17. The molecule has 0 aliphatic rings. The minimum absolute atomic E-state index is 0.0184. The van der Waals surface area contributed by atoms with Crippen LogP contribution in [0.25, 0.3) is 0 Å². The second-order valence-corrected chi connectivity index (χ2v) is 5.42. The number of hydrogen-bond acceptors (Lipinski definition) is 3. The summed E-state index contributed by atoms with van der Waals surface area (Å²) in [4.78, 5) is 23.7. The minimum atomic E-state index is -0.900. The highest BCUT2D eigenvalue weighted by molar-refractivity contribution is 6.42. The van der Waals surface area contributed by atoms with Gasteiger partial charge in [-0.3, -0.25) is 4.79 Å². The molecular formula is C15H9Cl3O3. The normalized spacial score (nSPS) is 10.2. The van der Waals surface area contributed by atoms with E-state index >= 15 is 0 Å². The third kappa shape index (κ3) is 4.21. The van der Waals surface area contributed by atoms with Crippen LogP contribution < -0.4 is 0 Å². The van der Waals surface area contributed by atoms with Crippen molar-refractivity contribution in [2.24, 2.45) is 0 Å². The minimum Gasteiger partial charge on any atom is -0.389 e. The van der Waals surface area contributed by atoms with Crippen LogP contribution in [-0.4, -0.2) is 11.9 Å². The van der Waals surface area contributed by atoms with E-state index in [0.717, 1.165) is 5.56 Å². The van der Waals surface area contributed by atoms with Crippen molar-refractivity contribution in [2.45, 2.75) is 6.42 Å². The number of halogens is 3. The first-order valence-corrected chi connectivity index (χ1v) is 7.04. The fourth-order valence-corrected chi connectivity index (χ4v) is 2.66. The van der Waals surface area contributed by atoms with E-state index in [9.17, 15) is 9.59 Å². The molecule has 0 bridgehead atoms. The molecule has 0 amide bonds. The molecule has 2 aromatic rings. The van der Waals surface area contributed by atoms with Gasteiger partial charge in [-0.15, -0.1) is 0 Å². The van der Waals surface area contributed by atoms with Crippen LogP contribution in [0.4, 0.5) is 0 Å². The van der Waals surface area contributed by atoms with E-state index in [1.54, 1.807) is 24.3 Å². The van der Waals surface area contributed by atoms with Gasteiger partial charge in [0.25, 0.3) is 0 Å². The standard InChI is InChI=1S/C15H9Cl3O3/c16-10-7-11(17)14(12(18)8-10)15(20)21-13(19)6-9-4-2-1-3-5-9/h1-5,7-8H,6H2. The Bertz CT molecular complexity index is 661. The van der Waals surface area contributed by atoms with E-state index in [0.29, 0.717) is 0 Å². The highest BCUT2D eigenvalue weighted by atomic mass is 35.5. The number of benzene rings is 2. The maximum absolute atomic E-state index is 11.9. The van der Waals surface area contributed by atoms with Gasteiger partial charge in [-0.1, -0.05) is 65.1 Å². The fourth-order valence-electron chi connectivity index (χ4n) is 1.69. The lowest BCUT2D eigenvalue weighted by atomic mass is 10.1. The molecule has 0 heterocycles. The average Bonchev–Trinajstić information content (AvgIpc) is 2.38. The Hall–Kier alpha value is -1.55. The molecule has 108 valence electrons. The summed E-state index contributed by atoms with van der Waals surface area (Å²) in [5.41, 5.74) is 0.660. The fraction of sp³-hybridized carbons (Fsp3) is 0.0667. The molecule has 6 heteroatoms. The quantitative estimate of drug-likeness (QED) is 0.605. The molecule has 0 saturated carbocycles. The van der Waals surface area contributed by atoms with Crippen molar-refractivity contribution in [3.05, 3.63) is 68.7 Å². The van der Waals surface area contributed by atoms with Gasteiger partial charge in [0.1, 0.15) is 0 Å². The molecule has 0 aliphatic heterocycles. The Kier molecular flexibility index (Phi) is 5.23. The Labute approximate surface area is 136 Å². The summed E-state index contributed by atoms with van der Waals surface area (Å²) in [7, 11) is 0. The predicted molar refractivity (Wildman–Crippen MR) is 82.0 cm³/mol. The molecule has 3 nitrogen and oxygen atoms in total. The second kappa shape index (κ2) is 6.94. The van der Waals surface area contributed by atoms with Crippen LogP contribution >= 0.6 is 34.8 Å². The SMILES string of the molecule is O=C(Cc1ccccc1)OC(=O)c1c(Cl)cc(Cl)cc1Cl. The number of hydrogen-bond donors (Lipinski definition) is 0. The first kappa shape index (κ1) is 15.8. The lowest BCUT2D eigenvalue weighted by Crippen LogP contribution is -2.15. The molecule has 2 aromatic carbocycles. The molecule has 0 aromatic heterocycles. The molecular weight excluding hydrogens is 335 g/mol. The molecule has 0 N–H and O–H groups in total. The van der Waals surface area contributed by atoms with Gasteiger partial charge in [0.15, 0.2) is 0 Å². The zero-order valence-electron chi connectivity index (χ0n) is 10.6.